The highest BCUT2D eigenvalue weighted by Gasteiger charge is 2.30. The topological polar surface area (TPSA) is 151 Å². The molecule has 13 nitrogen and oxygen atoms in total. The van der Waals surface area contributed by atoms with Crippen LogP contribution >= 0.6 is 7.82 Å². The first kappa shape index (κ1) is 20.9. The maximum atomic E-state index is 13.0. The second-order valence-corrected chi connectivity index (χ2v) is 6.94. The normalized spacial score (nSPS) is 11.6. The Morgan fingerprint density at radius 3 is 1.24 bits per heavy atom. The van der Waals surface area contributed by atoms with Crippen LogP contribution in [0, 0.1) is 0 Å². The zero-order chi connectivity index (χ0) is 20.7. The van der Waals surface area contributed by atoms with Gasteiger partial charge in [0.25, 0.3) is 17.6 Å². The van der Waals surface area contributed by atoms with E-state index in [1.54, 1.807) is 0 Å². The molecule has 0 aliphatic carbocycles. The van der Waals surface area contributed by atoms with Crippen LogP contribution in [0.15, 0.2) is 31.8 Å². The molecule has 3 aromatic rings. The minimum absolute atomic E-state index is 0.239. The van der Waals surface area contributed by atoms with Crippen molar-refractivity contribution in [1.29, 1.82) is 0 Å². The van der Waals surface area contributed by atoms with Crippen molar-refractivity contribution in [2.45, 2.75) is 19.8 Å². The highest BCUT2D eigenvalue weighted by molar-refractivity contribution is 7.48. The zero-order valence-electron chi connectivity index (χ0n) is 15.7. The van der Waals surface area contributed by atoms with Crippen LogP contribution in [-0.2, 0) is 38.0 Å². The number of hydrogen-bond acceptors (Lipinski definition) is 13. The average molecular weight is 431 g/mol. The third kappa shape index (κ3) is 5.81. The molecule has 14 heteroatoms. The Bertz CT molecular complexity index is 832. The van der Waals surface area contributed by atoms with Gasteiger partial charge in [0, 0.05) is 18.2 Å². The quantitative estimate of drug-likeness (QED) is 0.387. The van der Waals surface area contributed by atoms with Gasteiger partial charge in [-0.3, -0.25) is 13.6 Å². The van der Waals surface area contributed by atoms with Crippen LogP contribution in [0.25, 0.3) is 0 Å². The Kier molecular flexibility index (Phi) is 6.88. The molecule has 0 unspecified atom stereocenters. The first-order valence-corrected chi connectivity index (χ1v) is 9.52. The Morgan fingerprint density at radius 2 is 1.00 bits per heavy atom. The fraction of sp³-hybridized carbons (Fsp3) is 0.400. The lowest BCUT2D eigenvalue weighted by Gasteiger charge is -2.15. The van der Waals surface area contributed by atoms with Gasteiger partial charge in [-0.25, -0.2) is 4.57 Å². The molecule has 0 N–H and O–H groups in total. The minimum atomic E-state index is -4.10. The number of rotatable bonds is 12. The summed E-state index contributed by atoms with van der Waals surface area (Å²) < 4.78 is 58.7. The molecule has 0 bridgehead atoms. The number of methoxy groups -OCH3 is 3. The van der Waals surface area contributed by atoms with Gasteiger partial charge < -0.3 is 27.8 Å². The predicted molar refractivity (Wildman–Crippen MR) is 91.1 cm³/mol. The fourth-order valence-corrected chi connectivity index (χ4v) is 2.99. The number of hydrogen-bond donors (Lipinski definition) is 0. The molecule has 0 spiro atoms. The average Bonchev–Trinajstić information content (AvgIpc) is 3.49. The van der Waals surface area contributed by atoms with Crippen molar-refractivity contribution in [3.63, 3.8) is 0 Å². The minimum Gasteiger partial charge on any atom is -0.479 e. The van der Waals surface area contributed by atoms with Crippen molar-refractivity contribution in [2.24, 2.45) is 0 Å². The molecule has 0 saturated heterocycles. The smallest absolute Gasteiger partial charge is 0.476 e. The van der Waals surface area contributed by atoms with Gasteiger partial charge in [-0.1, -0.05) is 0 Å². The molecule has 0 atom stereocenters. The Labute approximate surface area is 164 Å². The summed E-state index contributed by atoms with van der Waals surface area (Å²) in [5, 5.41) is 10.9. The van der Waals surface area contributed by atoms with Gasteiger partial charge in [0.05, 0.1) is 21.3 Å². The summed E-state index contributed by atoms with van der Waals surface area (Å²) in [5.74, 6) is 1.46. The summed E-state index contributed by atoms with van der Waals surface area (Å²) in [6.45, 7) is -0.771. The lowest BCUT2D eigenvalue weighted by molar-refractivity contribution is 0.0789. The van der Waals surface area contributed by atoms with Crippen molar-refractivity contribution in [3.8, 4) is 17.6 Å². The Balaban J connectivity index is 1.65. The van der Waals surface area contributed by atoms with Crippen LogP contribution < -0.4 is 14.2 Å². The summed E-state index contributed by atoms with van der Waals surface area (Å²) in [7, 11) is 0.183. The molecule has 158 valence electrons. The van der Waals surface area contributed by atoms with Crippen LogP contribution in [-0.4, -0.2) is 36.8 Å². The number of aromatic nitrogens is 3. The lowest BCUT2D eigenvalue weighted by atomic mass is 10.5. The van der Waals surface area contributed by atoms with Gasteiger partial charge >= 0.3 is 7.82 Å². The molecule has 0 fully saturated rings. The second kappa shape index (κ2) is 9.56. The third-order valence-electron chi connectivity index (χ3n) is 3.33. The SMILES string of the molecule is COc1cc(COP(=O)(OCc2cc(OC)no2)OCc2cc(OC)no2)on1. The molecular weight excluding hydrogens is 413 g/mol. The van der Waals surface area contributed by atoms with Crippen molar-refractivity contribution >= 4 is 7.82 Å². The van der Waals surface area contributed by atoms with Crippen LogP contribution in [0.2, 0.25) is 0 Å². The maximum Gasteiger partial charge on any atom is 0.476 e. The molecule has 3 aromatic heterocycles. The summed E-state index contributed by atoms with van der Waals surface area (Å²) in [4.78, 5) is 0. The van der Waals surface area contributed by atoms with E-state index in [4.69, 9.17) is 41.4 Å². The molecule has 3 heterocycles. The largest absolute Gasteiger partial charge is 0.479 e. The first-order chi connectivity index (χ1) is 14.0. The van der Waals surface area contributed by atoms with Crippen molar-refractivity contribution in [2.75, 3.05) is 21.3 Å². The van der Waals surface area contributed by atoms with E-state index in [9.17, 15) is 4.57 Å². The molecule has 3 rings (SSSR count). The third-order valence-corrected chi connectivity index (χ3v) is 4.67. The van der Waals surface area contributed by atoms with Gasteiger partial charge in [-0.15, -0.1) is 0 Å². The van der Waals surface area contributed by atoms with E-state index in [-0.39, 0.29) is 54.7 Å². The van der Waals surface area contributed by atoms with E-state index in [0.29, 0.717) is 0 Å². The van der Waals surface area contributed by atoms with Crippen molar-refractivity contribution in [3.05, 3.63) is 35.5 Å². The van der Waals surface area contributed by atoms with Crippen molar-refractivity contribution < 1.29 is 45.9 Å². The first-order valence-electron chi connectivity index (χ1n) is 8.06. The summed E-state index contributed by atoms with van der Waals surface area (Å²) in [6.07, 6.45) is 0. The van der Waals surface area contributed by atoms with E-state index in [1.165, 1.54) is 39.5 Å². The highest BCUT2D eigenvalue weighted by atomic mass is 31.2. The van der Waals surface area contributed by atoms with Gasteiger partial charge in [0.1, 0.15) is 19.8 Å². The molecule has 0 amide bonds. The summed E-state index contributed by atoms with van der Waals surface area (Å²) in [5.41, 5.74) is 0. The molecule has 29 heavy (non-hydrogen) atoms. The van der Waals surface area contributed by atoms with Crippen LogP contribution in [0.1, 0.15) is 17.3 Å². The molecule has 0 aromatic carbocycles. The van der Waals surface area contributed by atoms with E-state index < -0.39 is 7.82 Å². The van der Waals surface area contributed by atoms with Crippen LogP contribution in [0.3, 0.4) is 0 Å². The zero-order valence-corrected chi connectivity index (χ0v) is 16.6. The van der Waals surface area contributed by atoms with E-state index in [0.717, 1.165) is 0 Å². The highest BCUT2D eigenvalue weighted by Crippen LogP contribution is 2.51. The number of ether oxygens (including phenoxy) is 3. The lowest BCUT2D eigenvalue weighted by Crippen LogP contribution is -2.01. The van der Waals surface area contributed by atoms with E-state index >= 15 is 0 Å². The number of nitrogens with zero attached hydrogens (tertiary/aromatic N) is 3. The van der Waals surface area contributed by atoms with Gasteiger partial charge in [-0.05, 0) is 15.5 Å². The molecule has 0 aliphatic rings. The molecule has 0 aliphatic heterocycles. The summed E-state index contributed by atoms with van der Waals surface area (Å²) >= 11 is 0. The Morgan fingerprint density at radius 1 is 0.690 bits per heavy atom. The molecule has 0 radical (unpaired) electrons. The van der Waals surface area contributed by atoms with Gasteiger partial charge in [-0.2, -0.15) is 0 Å². The fourth-order valence-electron chi connectivity index (χ4n) is 1.91. The van der Waals surface area contributed by atoms with Gasteiger partial charge in [0.2, 0.25) is 0 Å². The van der Waals surface area contributed by atoms with E-state index in [1.807, 2.05) is 0 Å². The van der Waals surface area contributed by atoms with E-state index in [2.05, 4.69) is 15.5 Å². The standard InChI is InChI=1S/C15H18N3O10P/c1-20-13-4-10(26-16-13)7-23-29(19,24-8-11-5-14(21-2)17-27-11)25-9-12-6-15(22-3)18-28-12/h4-6H,7-9H2,1-3H3. The maximum absolute atomic E-state index is 13.0. The second-order valence-electron chi connectivity index (χ2n) is 5.27. The number of phosphoric acid groups is 1. The van der Waals surface area contributed by atoms with Crippen molar-refractivity contribution in [1.82, 2.24) is 15.5 Å². The monoisotopic (exact) mass is 431 g/mol. The Hall–Kier alpha value is -2.86. The van der Waals surface area contributed by atoms with Crippen LogP contribution in [0.5, 0.6) is 17.6 Å². The molecular formula is C15H18N3O10P. The molecule has 0 saturated carbocycles. The van der Waals surface area contributed by atoms with Gasteiger partial charge in [0.15, 0.2) is 17.3 Å². The predicted octanol–water partition coefficient (Wildman–Crippen LogP) is 2.73. The number of phosphoric ester groups is 1. The van der Waals surface area contributed by atoms with Crippen LogP contribution in [0.4, 0.5) is 0 Å². The summed E-state index contributed by atoms with van der Waals surface area (Å²) in [6, 6.07) is 4.40.